The van der Waals surface area contributed by atoms with Gasteiger partial charge in [-0.3, -0.25) is 0 Å². The monoisotopic (exact) mass is 360 g/mol. The van der Waals surface area contributed by atoms with Crippen LogP contribution in [0.1, 0.15) is 25.7 Å². The summed E-state index contributed by atoms with van der Waals surface area (Å²) in [6.07, 6.45) is 6.95. The average Bonchev–Trinajstić information content (AvgIpc) is 2.80. The average molecular weight is 361 g/mol. The lowest BCUT2D eigenvalue weighted by molar-refractivity contribution is 0.183. The fourth-order valence-corrected chi connectivity index (χ4v) is 5.42. The number of halogens is 1. The molecule has 2 unspecified atom stereocenters. The first-order valence-corrected chi connectivity index (χ1v) is 9.72. The summed E-state index contributed by atoms with van der Waals surface area (Å²) in [7, 11) is 2.28. The molecule has 3 nitrogen and oxygen atoms in total. The Morgan fingerprint density at radius 1 is 1.17 bits per heavy atom. The van der Waals surface area contributed by atoms with Gasteiger partial charge in [0, 0.05) is 40.6 Å². The van der Waals surface area contributed by atoms with Crippen LogP contribution >= 0.6 is 23.4 Å². The van der Waals surface area contributed by atoms with Gasteiger partial charge in [0.15, 0.2) is 0 Å². The largest absolute Gasteiger partial charge is 0.439 e. The molecule has 5 heteroatoms. The van der Waals surface area contributed by atoms with Crippen molar-refractivity contribution in [1.29, 1.82) is 0 Å². The van der Waals surface area contributed by atoms with Crippen molar-refractivity contribution < 1.29 is 4.74 Å². The van der Waals surface area contributed by atoms with Crippen LogP contribution in [-0.2, 0) is 0 Å². The minimum Gasteiger partial charge on any atom is -0.439 e. The number of hydrogen-bond donors (Lipinski definition) is 0. The maximum absolute atomic E-state index is 6.50. The number of hydrogen-bond acceptors (Lipinski definition) is 4. The van der Waals surface area contributed by atoms with Crippen LogP contribution in [0.4, 0.5) is 0 Å². The van der Waals surface area contributed by atoms with Gasteiger partial charge in [-0.1, -0.05) is 17.7 Å². The smallest absolute Gasteiger partial charge is 0.219 e. The Labute approximate surface area is 152 Å². The Morgan fingerprint density at radius 3 is 2.62 bits per heavy atom. The van der Waals surface area contributed by atoms with Gasteiger partial charge < -0.3 is 9.64 Å². The molecule has 0 radical (unpaired) electrons. The van der Waals surface area contributed by atoms with Gasteiger partial charge in [0.1, 0.15) is 5.75 Å². The highest BCUT2D eigenvalue weighted by atomic mass is 35.5. The highest BCUT2D eigenvalue weighted by molar-refractivity contribution is 8.00. The lowest BCUT2D eigenvalue weighted by Gasteiger charge is -2.36. The third kappa shape index (κ3) is 3.41. The Balaban J connectivity index is 1.43. The van der Waals surface area contributed by atoms with Crippen LogP contribution < -0.4 is 4.74 Å². The molecule has 0 N–H and O–H groups in total. The van der Waals surface area contributed by atoms with Gasteiger partial charge in [-0.15, -0.1) is 11.8 Å². The summed E-state index contributed by atoms with van der Waals surface area (Å²) < 4.78 is 5.75. The van der Waals surface area contributed by atoms with E-state index in [0.29, 0.717) is 11.1 Å². The summed E-state index contributed by atoms with van der Waals surface area (Å²) in [6.45, 7) is 0. The first-order chi connectivity index (χ1) is 11.7. The number of thioether (sulfide) groups is 1. The summed E-state index contributed by atoms with van der Waals surface area (Å²) in [5.74, 6) is 1.31. The molecule has 2 aliphatic heterocycles. The van der Waals surface area contributed by atoms with Crippen LogP contribution in [0, 0.1) is 0 Å². The van der Waals surface area contributed by atoms with E-state index in [-0.39, 0.29) is 0 Å². The van der Waals surface area contributed by atoms with Crippen molar-refractivity contribution in [2.24, 2.45) is 0 Å². The van der Waals surface area contributed by atoms with Crippen LogP contribution in [0.3, 0.4) is 0 Å². The first-order valence-electron chi connectivity index (χ1n) is 8.46. The highest BCUT2D eigenvalue weighted by Crippen LogP contribution is 2.43. The van der Waals surface area contributed by atoms with Crippen LogP contribution in [-0.4, -0.2) is 34.3 Å². The molecule has 2 fully saturated rings. The lowest BCUT2D eigenvalue weighted by atomic mass is 10.0. The molecule has 2 aromatic rings. The molecule has 0 spiro atoms. The fourth-order valence-electron chi connectivity index (χ4n) is 3.81. The van der Waals surface area contributed by atoms with Crippen molar-refractivity contribution in [3.05, 3.63) is 47.6 Å². The molecule has 2 bridgehead atoms. The van der Waals surface area contributed by atoms with Gasteiger partial charge in [0.25, 0.3) is 0 Å². The van der Waals surface area contributed by atoms with Crippen molar-refractivity contribution in [1.82, 2.24) is 9.88 Å². The zero-order valence-corrected chi connectivity index (χ0v) is 15.3. The summed E-state index contributed by atoms with van der Waals surface area (Å²) in [6, 6.07) is 13.1. The number of pyridine rings is 1. The predicted molar refractivity (Wildman–Crippen MR) is 99.2 cm³/mol. The number of ether oxygens (including phenoxy) is 1. The molecular formula is C19H21ClN2OS. The number of rotatable bonds is 4. The van der Waals surface area contributed by atoms with E-state index in [4.69, 9.17) is 16.3 Å². The molecule has 126 valence electrons. The highest BCUT2D eigenvalue weighted by Gasteiger charge is 2.38. The molecular weight excluding hydrogens is 340 g/mol. The maximum Gasteiger partial charge on any atom is 0.219 e. The van der Waals surface area contributed by atoms with Crippen molar-refractivity contribution >= 4 is 23.4 Å². The van der Waals surface area contributed by atoms with Gasteiger partial charge >= 0.3 is 0 Å². The number of fused-ring (bicyclic) bond motifs is 2. The number of piperidine rings is 1. The van der Waals surface area contributed by atoms with Gasteiger partial charge in [0.05, 0.1) is 5.02 Å². The van der Waals surface area contributed by atoms with E-state index < -0.39 is 0 Å². The van der Waals surface area contributed by atoms with E-state index in [2.05, 4.69) is 23.0 Å². The van der Waals surface area contributed by atoms with Gasteiger partial charge in [0.2, 0.25) is 5.88 Å². The topological polar surface area (TPSA) is 25.4 Å². The summed E-state index contributed by atoms with van der Waals surface area (Å²) in [5.41, 5.74) is 0. The van der Waals surface area contributed by atoms with Crippen LogP contribution in [0.25, 0.3) is 0 Å². The Hall–Kier alpha value is -1.23. The second-order valence-corrected chi connectivity index (χ2v) is 8.37. The van der Waals surface area contributed by atoms with E-state index in [1.165, 1.54) is 25.7 Å². The van der Waals surface area contributed by atoms with Crippen LogP contribution in [0.2, 0.25) is 5.02 Å². The van der Waals surface area contributed by atoms with Crippen molar-refractivity contribution in [3.63, 3.8) is 0 Å². The second-order valence-electron chi connectivity index (χ2n) is 6.62. The quantitative estimate of drug-likeness (QED) is 0.744. The number of aromatic nitrogens is 1. The lowest BCUT2D eigenvalue weighted by Crippen LogP contribution is -2.40. The molecule has 0 saturated carbocycles. The van der Waals surface area contributed by atoms with Gasteiger partial charge in [-0.05, 0) is 50.9 Å². The standard InChI is InChI=1S/C19H21ClN2OS/c1-22-13-5-6-14(22)11-16(10-13)24-18-8-7-15(12-17(18)20)23-19-4-2-3-9-21-19/h2-4,7-9,12-14,16H,5-6,10-11H2,1H3. The number of nitrogens with zero attached hydrogens (tertiary/aromatic N) is 2. The third-order valence-corrected chi connectivity index (χ3v) is 6.87. The van der Waals surface area contributed by atoms with Gasteiger partial charge in [-0.2, -0.15) is 0 Å². The summed E-state index contributed by atoms with van der Waals surface area (Å²) in [4.78, 5) is 7.90. The fraction of sp³-hybridized carbons (Fsp3) is 0.421. The Morgan fingerprint density at radius 2 is 1.96 bits per heavy atom. The van der Waals surface area contributed by atoms with E-state index in [1.807, 2.05) is 42.1 Å². The minimum absolute atomic E-state index is 0.584. The second kappa shape index (κ2) is 6.95. The molecule has 0 aliphatic carbocycles. The van der Waals surface area contributed by atoms with E-state index >= 15 is 0 Å². The SMILES string of the molecule is CN1C2CCC1CC(Sc1ccc(Oc3ccccn3)cc1Cl)C2. The molecule has 1 aromatic heterocycles. The molecule has 2 saturated heterocycles. The zero-order chi connectivity index (χ0) is 16.5. The normalized spacial score (nSPS) is 26.5. The minimum atomic E-state index is 0.584. The summed E-state index contributed by atoms with van der Waals surface area (Å²) in [5, 5.41) is 1.43. The van der Waals surface area contributed by atoms with E-state index in [0.717, 1.165) is 27.8 Å². The zero-order valence-electron chi connectivity index (χ0n) is 13.7. The van der Waals surface area contributed by atoms with Crippen LogP contribution in [0.15, 0.2) is 47.5 Å². The molecule has 3 heterocycles. The van der Waals surface area contributed by atoms with Crippen molar-refractivity contribution in [3.8, 4) is 11.6 Å². The predicted octanol–water partition coefficient (Wildman–Crippen LogP) is 5.24. The summed E-state index contributed by atoms with van der Waals surface area (Å²) >= 11 is 8.43. The Kier molecular flexibility index (Phi) is 4.70. The number of benzene rings is 1. The Bertz CT molecular complexity index is 698. The molecule has 2 aliphatic rings. The van der Waals surface area contributed by atoms with Crippen molar-refractivity contribution in [2.75, 3.05) is 7.05 Å². The molecule has 1 aromatic carbocycles. The molecule has 2 atom stereocenters. The van der Waals surface area contributed by atoms with Crippen molar-refractivity contribution in [2.45, 2.75) is 47.9 Å². The molecule has 0 amide bonds. The van der Waals surface area contributed by atoms with E-state index in [1.54, 1.807) is 6.20 Å². The van der Waals surface area contributed by atoms with E-state index in [9.17, 15) is 0 Å². The van der Waals surface area contributed by atoms with Gasteiger partial charge in [-0.25, -0.2) is 4.98 Å². The first kappa shape index (κ1) is 16.2. The third-order valence-electron chi connectivity index (χ3n) is 5.11. The molecule has 24 heavy (non-hydrogen) atoms. The molecule has 4 rings (SSSR count). The van der Waals surface area contributed by atoms with Crippen LogP contribution in [0.5, 0.6) is 11.6 Å². The maximum atomic E-state index is 6.50.